The average Bonchev–Trinajstić information content (AvgIpc) is 2.75. The molecule has 0 bridgehead atoms. The van der Waals surface area contributed by atoms with Gasteiger partial charge in [0.1, 0.15) is 5.75 Å². The molecule has 0 fully saturated rings. The fourth-order valence-corrected chi connectivity index (χ4v) is 3.01. The number of hydrogen-bond acceptors (Lipinski definition) is 5. The van der Waals surface area contributed by atoms with Gasteiger partial charge in [0.05, 0.1) is 24.0 Å². The predicted molar refractivity (Wildman–Crippen MR) is 122 cm³/mol. The topological polar surface area (TPSA) is 83.0 Å². The summed E-state index contributed by atoms with van der Waals surface area (Å²) in [6.07, 6.45) is 1.55. The molecule has 0 unspecified atom stereocenters. The second kappa shape index (κ2) is 11.8. The number of methoxy groups -OCH3 is 1. The maximum atomic E-state index is 12.0. The second-order valence-corrected chi connectivity index (χ2v) is 6.83. The summed E-state index contributed by atoms with van der Waals surface area (Å²) in [5.74, 6) is 0.00620. The van der Waals surface area contributed by atoms with E-state index in [-0.39, 0.29) is 24.7 Å². The lowest BCUT2D eigenvalue weighted by Gasteiger charge is -2.21. The van der Waals surface area contributed by atoms with Crippen LogP contribution in [0, 0.1) is 0 Å². The van der Waals surface area contributed by atoms with Gasteiger partial charge in [0.15, 0.2) is 0 Å². The molecule has 0 spiro atoms. The fourth-order valence-electron chi connectivity index (χ4n) is 2.82. The van der Waals surface area contributed by atoms with Crippen molar-refractivity contribution in [3.05, 3.63) is 53.1 Å². The average molecular weight is 431 g/mol. The van der Waals surface area contributed by atoms with Crippen LogP contribution in [-0.4, -0.2) is 38.2 Å². The molecule has 30 heavy (non-hydrogen) atoms. The molecular formula is C22H27ClN4O3. The molecule has 0 aliphatic rings. The zero-order chi connectivity index (χ0) is 21.9. The van der Waals surface area contributed by atoms with E-state index in [9.17, 15) is 9.59 Å². The summed E-state index contributed by atoms with van der Waals surface area (Å²) in [5.41, 5.74) is 4.75. The van der Waals surface area contributed by atoms with E-state index in [4.69, 9.17) is 16.3 Å². The highest BCUT2D eigenvalue weighted by molar-refractivity contribution is 6.33. The number of ether oxygens (including phenoxy) is 1. The molecule has 2 N–H and O–H groups in total. The van der Waals surface area contributed by atoms with Gasteiger partial charge in [0.25, 0.3) is 0 Å². The SMILES string of the molecule is CCN(CC)c1ccc(C=NNC(=O)CCC(=O)Nc2ccccc2Cl)c(OC)c1. The molecule has 8 heteroatoms. The number of amides is 2. The highest BCUT2D eigenvalue weighted by atomic mass is 35.5. The first-order chi connectivity index (χ1) is 14.5. The van der Waals surface area contributed by atoms with E-state index < -0.39 is 0 Å². The van der Waals surface area contributed by atoms with Crippen molar-refractivity contribution in [1.29, 1.82) is 0 Å². The number of carbonyl (C=O) groups excluding carboxylic acids is 2. The van der Waals surface area contributed by atoms with E-state index in [2.05, 4.69) is 34.6 Å². The lowest BCUT2D eigenvalue weighted by atomic mass is 10.2. The molecule has 0 saturated carbocycles. The van der Waals surface area contributed by atoms with Gasteiger partial charge in [0.2, 0.25) is 11.8 Å². The first-order valence-electron chi connectivity index (χ1n) is 9.77. The van der Waals surface area contributed by atoms with Gasteiger partial charge in [-0.15, -0.1) is 0 Å². The van der Waals surface area contributed by atoms with E-state index in [0.717, 1.165) is 24.3 Å². The molecule has 2 amide bonds. The van der Waals surface area contributed by atoms with Crippen LogP contribution in [-0.2, 0) is 9.59 Å². The zero-order valence-corrected chi connectivity index (χ0v) is 18.2. The third-order valence-corrected chi connectivity index (χ3v) is 4.80. The number of nitrogens with zero attached hydrogens (tertiary/aromatic N) is 2. The second-order valence-electron chi connectivity index (χ2n) is 6.42. The molecule has 0 aromatic heterocycles. The number of carbonyl (C=O) groups is 2. The molecule has 7 nitrogen and oxygen atoms in total. The number of halogens is 1. The number of benzene rings is 2. The van der Waals surface area contributed by atoms with Gasteiger partial charge < -0.3 is 15.0 Å². The van der Waals surface area contributed by atoms with Gasteiger partial charge in [-0.05, 0) is 38.1 Å². The lowest BCUT2D eigenvalue weighted by molar-refractivity contribution is -0.124. The molecule has 0 radical (unpaired) electrons. The van der Waals surface area contributed by atoms with Gasteiger partial charge in [-0.1, -0.05) is 23.7 Å². The first-order valence-corrected chi connectivity index (χ1v) is 10.2. The van der Waals surface area contributed by atoms with E-state index in [1.165, 1.54) is 6.21 Å². The number of anilines is 2. The van der Waals surface area contributed by atoms with Crippen molar-refractivity contribution in [2.45, 2.75) is 26.7 Å². The molecule has 2 aromatic carbocycles. The van der Waals surface area contributed by atoms with Crippen LogP contribution >= 0.6 is 11.6 Å². The van der Waals surface area contributed by atoms with E-state index >= 15 is 0 Å². The Morgan fingerprint density at radius 3 is 2.47 bits per heavy atom. The third-order valence-electron chi connectivity index (χ3n) is 4.47. The van der Waals surface area contributed by atoms with Crippen molar-refractivity contribution >= 4 is 41.0 Å². The Bertz CT molecular complexity index is 898. The number of hydrazone groups is 1. The Balaban J connectivity index is 1.86. The highest BCUT2D eigenvalue weighted by Crippen LogP contribution is 2.24. The largest absolute Gasteiger partial charge is 0.496 e. The summed E-state index contributed by atoms with van der Waals surface area (Å²) in [4.78, 5) is 26.1. The number of para-hydroxylation sites is 1. The Morgan fingerprint density at radius 1 is 1.10 bits per heavy atom. The number of hydrogen-bond donors (Lipinski definition) is 2. The Morgan fingerprint density at radius 2 is 1.80 bits per heavy atom. The van der Waals surface area contributed by atoms with Crippen LogP contribution in [0.3, 0.4) is 0 Å². The van der Waals surface area contributed by atoms with Crippen LogP contribution in [0.4, 0.5) is 11.4 Å². The standard InChI is InChI=1S/C22H27ClN4O3/c1-4-27(5-2)17-11-10-16(20(14-17)30-3)15-24-26-22(29)13-12-21(28)25-19-9-7-6-8-18(19)23/h6-11,14-15H,4-5,12-13H2,1-3H3,(H,25,28)(H,26,29). The van der Waals surface area contributed by atoms with E-state index in [0.29, 0.717) is 16.5 Å². The normalized spacial score (nSPS) is 10.7. The predicted octanol–water partition coefficient (Wildman–Crippen LogP) is 4.06. The van der Waals surface area contributed by atoms with E-state index in [1.54, 1.807) is 31.4 Å². The molecule has 2 aromatic rings. The van der Waals surface area contributed by atoms with E-state index in [1.807, 2.05) is 18.2 Å². The molecule has 0 heterocycles. The number of nitrogens with one attached hydrogen (secondary N) is 2. The first kappa shape index (κ1) is 23.2. The van der Waals surface area contributed by atoms with Crippen LogP contribution < -0.4 is 20.4 Å². The minimum atomic E-state index is -0.362. The molecule has 0 aliphatic heterocycles. The monoisotopic (exact) mass is 430 g/mol. The maximum Gasteiger partial charge on any atom is 0.240 e. The van der Waals surface area contributed by atoms with Crippen molar-refractivity contribution in [2.24, 2.45) is 5.10 Å². The Kier molecular flexibility index (Phi) is 9.15. The summed E-state index contributed by atoms with van der Waals surface area (Å²) in [6.45, 7) is 5.98. The highest BCUT2D eigenvalue weighted by Gasteiger charge is 2.09. The number of rotatable bonds is 10. The van der Waals surface area contributed by atoms with Gasteiger partial charge in [-0.25, -0.2) is 5.43 Å². The van der Waals surface area contributed by atoms with Gasteiger partial charge >= 0.3 is 0 Å². The quantitative estimate of drug-likeness (QED) is 0.439. The maximum absolute atomic E-state index is 12.0. The van der Waals surface area contributed by atoms with Crippen LogP contribution in [0.2, 0.25) is 5.02 Å². The summed E-state index contributed by atoms with van der Waals surface area (Å²) in [6, 6.07) is 12.7. The molecule has 160 valence electrons. The summed E-state index contributed by atoms with van der Waals surface area (Å²) < 4.78 is 5.43. The zero-order valence-electron chi connectivity index (χ0n) is 17.4. The summed E-state index contributed by atoms with van der Waals surface area (Å²) >= 11 is 6.00. The minimum Gasteiger partial charge on any atom is -0.496 e. The van der Waals surface area contributed by atoms with Crippen molar-refractivity contribution < 1.29 is 14.3 Å². The van der Waals surface area contributed by atoms with Gasteiger partial charge in [0, 0.05) is 43.2 Å². The van der Waals surface area contributed by atoms with Crippen LogP contribution in [0.1, 0.15) is 32.3 Å². The van der Waals surface area contributed by atoms with Crippen molar-refractivity contribution in [3.8, 4) is 5.75 Å². The van der Waals surface area contributed by atoms with Gasteiger partial charge in [-0.2, -0.15) is 5.10 Å². The third kappa shape index (κ3) is 6.77. The molecule has 0 atom stereocenters. The molecule has 0 aliphatic carbocycles. The Labute approximate surface area is 182 Å². The minimum absolute atomic E-state index is 0.00561. The van der Waals surface area contributed by atoms with Gasteiger partial charge in [-0.3, -0.25) is 9.59 Å². The van der Waals surface area contributed by atoms with Crippen molar-refractivity contribution in [2.75, 3.05) is 30.4 Å². The molecular weight excluding hydrogens is 404 g/mol. The Hall–Kier alpha value is -3.06. The molecule has 2 rings (SSSR count). The van der Waals surface area contributed by atoms with Crippen molar-refractivity contribution in [3.63, 3.8) is 0 Å². The van der Waals surface area contributed by atoms with Crippen LogP contribution in [0.5, 0.6) is 5.75 Å². The molecule has 0 saturated heterocycles. The van der Waals surface area contributed by atoms with Crippen LogP contribution in [0.25, 0.3) is 0 Å². The summed E-state index contributed by atoms with van der Waals surface area (Å²) in [5, 5.41) is 7.09. The smallest absolute Gasteiger partial charge is 0.240 e. The van der Waals surface area contributed by atoms with Crippen LogP contribution in [0.15, 0.2) is 47.6 Å². The summed E-state index contributed by atoms with van der Waals surface area (Å²) in [7, 11) is 1.59. The fraction of sp³-hybridized carbons (Fsp3) is 0.318. The lowest BCUT2D eigenvalue weighted by Crippen LogP contribution is -2.22. The van der Waals surface area contributed by atoms with Crippen molar-refractivity contribution in [1.82, 2.24) is 5.43 Å².